The molecule has 18 heavy (non-hydrogen) atoms. The van der Waals surface area contributed by atoms with E-state index in [0.717, 1.165) is 24.3 Å². The summed E-state index contributed by atoms with van der Waals surface area (Å²) in [5, 5.41) is 3.59. The summed E-state index contributed by atoms with van der Waals surface area (Å²) in [5.74, 6) is 0. The van der Waals surface area contributed by atoms with Gasteiger partial charge in [-0.1, -0.05) is 31.3 Å². The summed E-state index contributed by atoms with van der Waals surface area (Å²) < 4.78 is 0. The van der Waals surface area contributed by atoms with E-state index < -0.39 is 0 Å². The van der Waals surface area contributed by atoms with Gasteiger partial charge in [0.15, 0.2) is 0 Å². The number of hydrogen-bond donors (Lipinski definition) is 2. The third kappa shape index (κ3) is 3.21. The highest BCUT2D eigenvalue weighted by atomic mass is 32.1. The Balaban J connectivity index is 2.07. The van der Waals surface area contributed by atoms with Gasteiger partial charge in [0.25, 0.3) is 0 Å². The zero-order valence-corrected chi connectivity index (χ0v) is 11.7. The van der Waals surface area contributed by atoms with E-state index in [0.29, 0.717) is 11.0 Å². The van der Waals surface area contributed by atoms with Gasteiger partial charge in [-0.25, -0.2) is 0 Å². The lowest BCUT2D eigenvalue weighted by Crippen LogP contribution is -2.42. The van der Waals surface area contributed by atoms with Gasteiger partial charge < -0.3 is 16.0 Å². The van der Waals surface area contributed by atoms with Gasteiger partial charge in [0.05, 0.1) is 0 Å². The highest BCUT2D eigenvalue weighted by Crippen LogP contribution is 2.19. The predicted molar refractivity (Wildman–Crippen MR) is 81.1 cm³/mol. The van der Waals surface area contributed by atoms with Crippen LogP contribution in [0.1, 0.15) is 25.3 Å². The normalized spacial score (nSPS) is 20.6. The summed E-state index contributed by atoms with van der Waals surface area (Å²) >= 11 is 5.09. The number of likely N-dealkylation sites (N-methyl/N-ethyl adjacent to an activating group) is 1. The molecule has 0 radical (unpaired) electrons. The van der Waals surface area contributed by atoms with Crippen LogP contribution < -0.4 is 11.1 Å². The summed E-state index contributed by atoms with van der Waals surface area (Å²) in [6.45, 7) is 5.65. The molecule has 1 aromatic rings. The molecule has 0 aliphatic carbocycles. The number of likely N-dealkylation sites (tertiary alicyclic amines) is 1. The number of nitrogens with one attached hydrogen (secondary N) is 1. The molecular formula is C14H21N3S. The number of benzene rings is 1. The van der Waals surface area contributed by atoms with Crippen molar-refractivity contribution in [3.05, 3.63) is 29.8 Å². The summed E-state index contributed by atoms with van der Waals surface area (Å²) in [6.07, 6.45) is 2.46. The molecule has 1 saturated heterocycles. The molecule has 98 valence electrons. The van der Waals surface area contributed by atoms with Gasteiger partial charge in [-0.2, -0.15) is 0 Å². The summed E-state index contributed by atoms with van der Waals surface area (Å²) in [5.41, 5.74) is 7.76. The van der Waals surface area contributed by atoms with Crippen molar-refractivity contribution in [1.82, 2.24) is 4.90 Å². The molecule has 0 saturated carbocycles. The van der Waals surface area contributed by atoms with Gasteiger partial charge in [0, 0.05) is 23.8 Å². The number of piperidine rings is 1. The quantitative estimate of drug-likeness (QED) is 0.817. The third-order valence-electron chi connectivity index (χ3n) is 3.50. The molecule has 1 aliphatic heterocycles. The molecule has 4 heteroatoms. The smallest absolute Gasteiger partial charge is 0.106 e. The standard InChI is InChI=1S/C14H21N3S/c1-2-17-9-5-6-11(10-17)16-13-8-4-3-7-12(13)14(15)18/h3-4,7-8,11,16H,2,5-6,9-10H2,1H3,(H2,15,18). The number of para-hydroxylation sites is 1. The molecule has 1 fully saturated rings. The van der Waals surface area contributed by atoms with Crippen molar-refractivity contribution in [2.45, 2.75) is 25.8 Å². The van der Waals surface area contributed by atoms with Crippen LogP contribution in [0.5, 0.6) is 0 Å². The first-order valence-corrected chi connectivity index (χ1v) is 6.99. The van der Waals surface area contributed by atoms with Gasteiger partial charge in [-0.15, -0.1) is 0 Å². The monoisotopic (exact) mass is 263 g/mol. The van der Waals surface area contributed by atoms with E-state index in [1.165, 1.54) is 19.4 Å². The molecule has 3 nitrogen and oxygen atoms in total. The van der Waals surface area contributed by atoms with E-state index in [2.05, 4.69) is 23.2 Å². The Morgan fingerprint density at radius 2 is 2.28 bits per heavy atom. The molecule has 1 atom stereocenters. The molecule has 3 N–H and O–H groups in total. The van der Waals surface area contributed by atoms with Crippen LogP contribution in [0.25, 0.3) is 0 Å². The highest BCUT2D eigenvalue weighted by molar-refractivity contribution is 7.80. The first kappa shape index (κ1) is 13.3. The molecule has 1 heterocycles. The van der Waals surface area contributed by atoms with Crippen LogP contribution in [0.4, 0.5) is 5.69 Å². The molecule has 0 bridgehead atoms. The van der Waals surface area contributed by atoms with Crippen LogP contribution >= 0.6 is 12.2 Å². The van der Waals surface area contributed by atoms with Gasteiger partial charge in [0.2, 0.25) is 0 Å². The molecule has 0 spiro atoms. The van der Waals surface area contributed by atoms with E-state index in [1.54, 1.807) is 0 Å². The number of thiocarbonyl (C=S) groups is 1. The maximum atomic E-state index is 5.75. The first-order chi connectivity index (χ1) is 8.70. The van der Waals surface area contributed by atoms with Crippen molar-refractivity contribution in [2.24, 2.45) is 5.73 Å². The summed E-state index contributed by atoms with van der Waals surface area (Å²) in [7, 11) is 0. The fourth-order valence-electron chi connectivity index (χ4n) is 2.50. The second-order valence-corrected chi connectivity index (χ2v) is 5.23. The minimum absolute atomic E-state index is 0.459. The SMILES string of the molecule is CCN1CCCC(Nc2ccccc2C(N)=S)C1. The van der Waals surface area contributed by atoms with Crippen LogP contribution in [0.3, 0.4) is 0 Å². The average molecular weight is 263 g/mol. The van der Waals surface area contributed by atoms with E-state index in [-0.39, 0.29) is 0 Å². The zero-order chi connectivity index (χ0) is 13.0. The second-order valence-electron chi connectivity index (χ2n) is 4.79. The van der Waals surface area contributed by atoms with Crippen LogP contribution in [0, 0.1) is 0 Å². The minimum atomic E-state index is 0.459. The van der Waals surface area contributed by atoms with Crippen molar-refractivity contribution in [3.8, 4) is 0 Å². The Morgan fingerprint density at radius 1 is 1.50 bits per heavy atom. The lowest BCUT2D eigenvalue weighted by molar-refractivity contribution is 0.227. The Labute approximate surface area is 114 Å². The Morgan fingerprint density at radius 3 is 3.00 bits per heavy atom. The fourth-order valence-corrected chi connectivity index (χ4v) is 2.68. The van der Waals surface area contributed by atoms with E-state index >= 15 is 0 Å². The van der Waals surface area contributed by atoms with Gasteiger partial charge in [0.1, 0.15) is 4.99 Å². The predicted octanol–water partition coefficient (Wildman–Crippen LogP) is 2.22. The van der Waals surface area contributed by atoms with Gasteiger partial charge in [-0.3, -0.25) is 0 Å². The average Bonchev–Trinajstić information content (AvgIpc) is 2.39. The maximum Gasteiger partial charge on any atom is 0.106 e. The Hall–Kier alpha value is -1.13. The largest absolute Gasteiger partial charge is 0.389 e. The molecule has 1 aromatic carbocycles. The zero-order valence-electron chi connectivity index (χ0n) is 10.9. The van der Waals surface area contributed by atoms with Gasteiger partial charge in [-0.05, 0) is 38.1 Å². The van der Waals surface area contributed by atoms with Gasteiger partial charge >= 0.3 is 0 Å². The number of nitrogens with zero attached hydrogens (tertiary/aromatic N) is 1. The fraction of sp³-hybridized carbons (Fsp3) is 0.500. The van der Waals surface area contributed by atoms with Crippen molar-refractivity contribution >= 4 is 22.9 Å². The molecule has 2 rings (SSSR count). The Bertz CT molecular complexity index is 419. The number of anilines is 1. The van der Waals surface area contributed by atoms with Crippen LogP contribution in [-0.2, 0) is 0 Å². The molecule has 1 aliphatic rings. The van der Waals surface area contributed by atoms with E-state index in [4.69, 9.17) is 18.0 Å². The number of nitrogens with two attached hydrogens (primary N) is 1. The molecule has 0 aromatic heterocycles. The second kappa shape index (κ2) is 6.16. The minimum Gasteiger partial charge on any atom is -0.389 e. The summed E-state index contributed by atoms with van der Waals surface area (Å²) in [4.78, 5) is 2.94. The number of rotatable bonds is 4. The van der Waals surface area contributed by atoms with E-state index in [1.807, 2.05) is 18.2 Å². The third-order valence-corrected chi connectivity index (χ3v) is 3.72. The first-order valence-electron chi connectivity index (χ1n) is 6.58. The van der Waals surface area contributed by atoms with Crippen LogP contribution in [0.15, 0.2) is 24.3 Å². The van der Waals surface area contributed by atoms with Crippen molar-refractivity contribution < 1.29 is 0 Å². The van der Waals surface area contributed by atoms with Crippen LogP contribution in [-0.4, -0.2) is 35.6 Å². The Kier molecular flexibility index (Phi) is 4.55. The van der Waals surface area contributed by atoms with E-state index in [9.17, 15) is 0 Å². The lowest BCUT2D eigenvalue weighted by atomic mass is 10.0. The maximum absolute atomic E-state index is 5.75. The molecular weight excluding hydrogens is 242 g/mol. The molecule has 1 unspecified atom stereocenters. The lowest BCUT2D eigenvalue weighted by Gasteiger charge is -2.33. The van der Waals surface area contributed by atoms with Crippen LogP contribution in [0.2, 0.25) is 0 Å². The topological polar surface area (TPSA) is 41.3 Å². The molecule has 0 amide bonds. The summed E-state index contributed by atoms with van der Waals surface area (Å²) in [6, 6.07) is 8.52. The van der Waals surface area contributed by atoms with Crippen molar-refractivity contribution in [1.29, 1.82) is 0 Å². The van der Waals surface area contributed by atoms with Crippen molar-refractivity contribution in [2.75, 3.05) is 25.0 Å². The van der Waals surface area contributed by atoms with Crippen molar-refractivity contribution in [3.63, 3.8) is 0 Å². The number of hydrogen-bond acceptors (Lipinski definition) is 3. The highest BCUT2D eigenvalue weighted by Gasteiger charge is 2.19.